The molecule has 222 valence electrons. The molecular weight excluding hydrogens is 516 g/mol. The third kappa shape index (κ3) is 11.1. The van der Waals surface area contributed by atoms with E-state index in [0.717, 1.165) is 57.8 Å². The summed E-state index contributed by atoms with van der Waals surface area (Å²) in [5.41, 5.74) is -0.0742. The predicted molar refractivity (Wildman–Crippen MR) is 151 cm³/mol. The number of Topliss-reactive ketones (excluding diaryl/α,β-unsaturated/α-hetero) is 1. The van der Waals surface area contributed by atoms with Gasteiger partial charge in [-0.15, -0.1) is 0 Å². The van der Waals surface area contributed by atoms with Crippen LogP contribution in [0.15, 0.2) is 30.4 Å². The number of aromatic hydroxyl groups is 1. The fourth-order valence-electron chi connectivity index (χ4n) is 5.19. The van der Waals surface area contributed by atoms with Gasteiger partial charge in [-0.05, 0) is 43.2 Å². The highest BCUT2D eigenvalue weighted by molar-refractivity contribution is 5.85. The van der Waals surface area contributed by atoms with E-state index in [1.807, 2.05) is 12.2 Å². The van der Waals surface area contributed by atoms with Gasteiger partial charge < -0.3 is 20.3 Å². The van der Waals surface area contributed by atoms with Crippen LogP contribution in [-0.2, 0) is 25.5 Å². The van der Waals surface area contributed by atoms with Gasteiger partial charge in [-0.3, -0.25) is 19.7 Å². The quantitative estimate of drug-likeness (QED) is 0.0750. The van der Waals surface area contributed by atoms with Gasteiger partial charge in [0.2, 0.25) is 5.91 Å². The van der Waals surface area contributed by atoms with Gasteiger partial charge in [0.25, 0.3) is 0 Å². The van der Waals surface area contributed by atoms with Crippen molar-refractivity contribution >= 4 is 23.3 Å². The van der Waals surface area contributed by atoms with E-state index in [1.165, 1.54) is 25.3 Å². The lowest BCUT2D eigenvalue weighted by atomic mass is 9.89. The lowest BCUT2D eigenvalue weighted by Gasteiger charge is -2.17. The lowest BCUT2D eigenvalue weighted by Crippen LogP contribution is -2.43. The highest BCUT2D eigenvalue weighted by Crippen LogP contribution is 2.34. The predicted octanol–water partition coefficient (Wildman–Crippen LogP) is 4.93. The van der Waals surface area contributed by atoms with Crippen LogP contribution >= 0.6 is 0 Å². The van der Waals surface area contributed by atoms with Crippen molar-refractivity contribution in [3.8, 4) is 5.75 Å². The number of phenolic OH excluding ortho intramolecular Hbond substituents is 1. The molecule has 2 rings (SSSR count). The molecule has 1 aromatic carbocycles. The molecule has 1 fully saturated rings. The minimum atomic E-state index is -1.01. The smallest absolute Gasteiger partial charge is 0.328 e. The summed E-state index contributed by atoms with van der Waals surface area (Å²) in [5, 5.41) is 33.5. The average molecular weight is 561 g/mol. The van der Waals surface area contributed by atoms with E-state index in [2.05, 4.69) is 12.2 Å². The van der Waals surface area contributed by atoms with E-state index in [0.29, 0.717) is 24.2 Å². The van der Waals surface area contributed by atoms with E-state index in [1.54, 1.807) is 0 Å². The zero-order valence-corrected chi connectivity index (χ0v) is 23.7. The molecule has 0 spiro atoms. The SMILES string of the molecule is CCCCC[C@@H](O)C=C[C@H]1CCC(=O)[C@@H]1CCCCCCC(=O)NC(Cc1ccc(O)c([N+](=O)[O-])c1)C(=O)OC. The van der Waals surface area contributed by atoms with Gasteiger partial charge in [0.1, 0.15) is 11.8 Å². The van der Waals surface area contributed by atoms with Gasteiger partial charge in [0, 0.05) is 31.2 Å². The van der Waals surface area contributed by atoms with Gasteiger partial charge in [-0.25, -0.2) is 4.79 Å². The Kier molecular flexibility index (Phi) is 14.4. The lowest BCUT2D eigenvalue weighted by molar-refractivity contribution is -0.385. The molecule has 3 N–H and O–H groups in total. The van der Waals surface area contributed by atoms with Crippen LogP contribution < -0.4 is 5.32 Å². The molecule has 10 nitrogen and oxygen atoms in total. The van der Waals surface area contributed by atoms with Crippen LogP contribution in [0.25, 0.3) is 0 Å². The Morgan fingerprint density at radius 2 is 1.95 bits per heavy atom. The Bertz CT molecular complexity index is 1020. The van der Waals surface area contributed by atoms with Crippen molar-refractivity contribution < 1.29 is 34.3 Å². The fourth-order valence-corrected chi connectivity index (χ4v) is 5.19. The molecule has 10 heteroatoms. The van der Waals surface area contributed by atoms with E-state index in [9.17, 15) is 34.7 Å². The Balaban J connectivity index is 1.74. The van der Waals surface area contributed by atoms with Crippen LogP contribution in [0.5, 0.6) is 5.75 Å². The van der Waals surface area contributed by atoms with E-state index >= 15 is 0 Å². The topological polar surface area (TPSA) is 156 Å². The number of carbonyl (C=O) groups excluding carboxylic acids is 3. The number of nitrogens with zero attached hydrogens (tertiary/aromatic N) is 1. The second-order valence-electron chi connectivity index (χ2n) is 10.6. The Morgan fingerprint density at radius 3 is 2.65 bits per heavy atom. The Hall–Kier alpha value is -3.27. The third-order valence-electron chi connectivity index (χ3n) is 7.50. The maximum atomic E-state index is 12.5. The average Bonchev–Trinajstić information content (AvgIpc) is 3.28. The minimum Gasteiger partial charge on any atom is -0.502 e. The molecule has 1 amide bonds. The van der Waals surface area contributed by atoms with Gasteiger partial charge in [0.15, 0.2) is 5.75 Å². The monoisotopic (exact) mass is 560 g/mol. The molecule has 1 aliphatic rings. The zero-order valence-electron chi connectivity index (χ0n) is 23.7. The Morgan fingerprint density at radius 1 is 1.20 bits per heavy atom. The number of nitrogens with one attached hydrogen (secondary N) is 1. The van der Waals surface area contributed by atoms with Crippen LogP contribution in [0.4, 0.5) is 5.69 Å². The van der Waals surface area contributed by atoms with Crippen molar-refractivity contribution in [3.63, 3.8) is 0 Å². The molecule has 1 saturated carbocycles. The molecule has 0 aliphatic heterocycles. The second kappa shape index (κ2) is 17.4. The molecule has 0 aromatic heterocycles. The number of amides is 1. The number of hydrogen-bond acceptors (Lipinski definition) is 8. The van der Waals surface area contributed by atoms with Crippen molar-refractivity contribution in [2.75, 3.05) is 7.11 Å². The first-order chi connectivity index (χ1) is 19.2. The van der Waals surface area contributed by atoms with Crippen LogP contribution in [0.2, 0.25) is 0 Å². The Labute approximate surface area is 236 Å². The molecule has 0 radical (unpaired) electrons. The summed E-state index contributed by atoms with van der Waals surface area (Å²) >= 11 is 0. The minimum absolute atomic E-state index is 0.000992. The number of hydrogen-bond donors (Lipinski definition) is 3. The number of carbonyl (C=O) groups is 3. The first-order valence-corrected chi connectivity index (χ1v) is 14.4. The number of allylic oxidation sites excluding steroid dienone is 1. The number of methoxy groups -OCH3 is 1. The van der Waals surface area contributed by atoms with Crippen molar-refractivity contribution in [1.82, 2.24) is 5.32 Å². The maximum absolute atomic E-state index is 12.5. The highest BCUT2D eigenvalue weighted by atomic mass is 16.6. The van der Waals surface area contributed by atoms with Gasteiger partial charge in [-0.1, -0.05) is 63.7 Å². The summed E-state index contributed by atoms with van der Waals surface area (Å²) in [7, 11) is 1.20. The molecule has 1 aromatic rings. The molecule has 40 heavy (non-hydrogen) atoms. The molecule has 0 saturated heterocycles. The molecule has 0 bridgehead atoms. The van der Waals surface area contributed by atoms with E-state index in [4.69, 9.17) is 4.74 Å². The van der Waals surface area contributed by atoms with Gasteiger partial charge in [0.05, 0.1) is 18.1 Å². The number of aliphatic hydroxyl groups is 1. The summed E-state index contributed by atoms with van der Waals surface area (Å²) in [6, 6.07) is 2.79. The third-order valence-corrected chi connectivity index (χ3v) is 7.50. The van der Waals surface area contributed by atoms with Crippen LogP contribution in [-0.4, -0.2) is 52.1 Å². The van der Waals surface area contributed by atoms with Crippen LogP contribution in [0.3, 0.4) is 0 Å². The summed E-state index contributed by atoms with van der Waals surface area (Å²) < 4.78 is 4.78. The van der Waals surface area contributed by atoms with Gasteiger partial charge in [-0.2, -0.15) is 0 Å². The van der Waals surface area contributed by atoms with Gasteiger partial charge >= 0.3 is 11.7 Å². The van der Waals surface area contributed by atoms with Crippen molar-refractivity contribution in [2.24, 2.45) is 11.8 Å². The number of ether oxygens (including phenoxy) is 1. The van der Waals surface area contributed by atoms with Crippen molar-refractivity contribution in [1.29, 1.82) is 0 Å². The number of esters is 1. The number of nitro groups is 1. The zero-order chi connectivity index (χ0) is 29.5. The summed E-state index contributed by atoms with van der Waals surface area (Å²) in [6.07, 6.45) is 13.0. The highest BCUT2D eigenvalue weighted by Gasteiger charge is 2.32. The summed E-state index contributed by atoms with van der Waals surface area (Å²) in [6.45, 7) is 2.13. The van der Waals surface area contributed by atoms with E-state index < -0.39 is 34.5 Å². The molecule has 1 aliphatic carbocycles. The molecular formula is C30H44N2O8. The normalized spacial score (nSPS) is 18.5. The molecule has 0 heterocycles. The largest absolute Gasteiger partial charge is 0.502 e. The summed E-state index contributed by atoms with van der Waals surface area (Å²) in [5.74, 6) is -0.987. The number of rotatable bonds is 18. The molecule has 1 unspecified atom stereocenters. The van der Waals surface area contributed by atoms with Crippen LogP contribution in [0.1, 0.15) is 89.5 Å². The fraction of sp³-hybridized carbons (Fsp3) is 0.633. The number of phenols is 1. The van der Waals surface area contributed by atoms with Crippen LogP contribution in [0, 0.1) is 22.0 Å². The number of ketones is 1. The number of unbranched alkanes of at least 4 members (excludes halogenated alkanes) is 5. The summed E-state index contributed by atoms with van der Waals surface area (Å²) in [4.78, 5) is 47.5. The van der Waals surface area contributed by atoms with Crippen molar-refractivity contribution in [2.45, 2.75) is 103 Å². The van der Waals surface area contributed by atoms with Crippen molar-refractivity contribution in [3.05, 3.63) is 46.0 Å². The first kappa shape index (κ1) is 32.9. The first-order valence-electron chi connectivity index (χ1n) is 14.4. The number of aliphatic hydroxyl groups excluding tert-OH is 1. The van der Waals surface area contributed by atoms with E-state index in [-0.39, 0.29) is 30.6 Å². The standard InChI is InChI=1S/C30H44N2O8/c1-3-4-7-10-23(33)16-14-22-15-18-27(34)24(22)11-8-5-6-9-12-29(36)31-25(30(37)40-2)19-21-13-17-28(35)26(20-21)32(38)39/h13-14,16-17,20,22-25,33,35H,3-12,15,18-19H2,1-2H3,(H,31,36)/t22-,23+,24+,25?/m0/s1. The number of nitro benzene ring substituents is 1. The maximum Gasteiger partial charge on any atom is 0.328 e. The number of benzene rings is 1. The second-order valence-corrected chi connectivity index (χ2v) is 10.6. The molecule has 4 atom stereocenters.